The molecule has 1 aromatic carbocycles. The number of aryl methyl sites for hydroxylation is 1. The fourth-order valence-electron chi connectivity index (χ4n) is 2.35. The Morgan fingerprint density at radius 1 is 1.33 bits per heavy atom. The summed E-state index contributed by atoms with van der Waals surface area (Å²) in [5.41, 5.74) is 8.78. The number of hydrogen-bond donors (Lipinski definition) is 1. The van der Waals surface area contributed by atoms with E-state index in [0.29, 0.717) is 0 Å². The lowest BCUT2D eigenvalue weighted by molar-refractivity contribution is 0.0993. The Morgan fingerprint density at radius 3 is 2.89 bits per heavy atom. The highest BCUT2D eigenvalue weighted by molar-refractivity contribution is 7.14. The van der Waals surface area contributed by atoms with E-state index in [1.54, 1.807) is 0 Å². The monoisotopic (exact) mass is 258 g/mol. The molecule has 1 aliphatic rings. The smallest absolute Gasteiger partial charge is 0.268 e. The predicted octanol–water partition coefficient (Wildman–Crippen LogP) is 2.84. The first-order valence-electron chi connectivity index (χ1n) is 5.92. The number of benzene rings is 1. The number of anilines is 2. The lowest BCUT2D eigenvalue weighted by Crippen LogP contribution is -2.28. The van der Waals surface area contributed by atoms with E-state index >= 15 is 0 Å². The van der Waals surface area contributed by atoms with E-state index in [1.807, 2.05) is 42.2 Å². The van der Waals surface area contributed by atoms with Gasteiger partial charge in [-0.05, 0) is 37.6 Å². The van der Waals surface area contributed by atoms with Gasteiger partial charge in [0.25, 0.3) is 5.91 Å². The van der Waals surface area contributed by atoms with Gasteiger partial charge < -0.3 is 10.6 Å². The fourth-order valence-corrected chi connectivity index (χ4v) is 3.17. The van der Waals surface area contributed by atoms with Crippen LogP contribution in [0.1, 0.15) is 20.1 Å². The fraction of sp³-hybridized carbons (Fsp3) is 0.214. The highest BCUT2D eigenvalue weighted by Crippen LogP contribution is 2.33. The number of nitrogen functional groups attached to an aromatic ring is 1. The Hall–Kier alpha value is -1.81. The minimum absolute atomic E-state index is 0.0810. The van der Waals surface area contributed by atoms with E-state index in [-0.39, 0.29) is 5.91 Å². The van der Waals surface area contributed by atoms with Gasteiger partial charge in [-0.15, -0.1) is 11.3 Å². The van der Waals surface area contributed by atoms with Gasteiger partial charge in [-0.25, -0.2) is 0 Å². The van der Waals surface area contributed by atoms with Gasteiger partial charge in [-0.1, -0.05) is 6.07 Å². The Morgan fingerprint density at radius 2 is 2.17 bits per heavy atom. The summed E-state index contributed by atoms with van der Waals surface area (Å²) in [7, 11) is 0. The van der Waals surface area contributed by atoms with Crippen LogP contribution < -0.4 is 10.6 Å². The van der Waals surface area contributed by atoms with Crippen molar-refractivity contribution in [3.8, 4) is 0 Å². The number of hydrogen-bond acceptors (Lipinski definition) is 3. The Balaban J connectivity index is 1.97. The summed E-state index contributed by atoms with van der Waals surface area (Å²) in [5.74, 6) is 0.0810. The summed E-state index contributed by atoms with van der Waals surface area (Å²) < 4.78 is 0. The zero-order valence-corrected chi connectivity index (χ0v) is 11.0. The minimum atomic E-state index is 0.0810. The van der Waals surface area contributed by atoms with Gasteiger partial charge in [0.1, 0.15) is 0 Å². The van der Waals surface area contributed by atoms with Crippen molar-refractivity contribution >= 4 is 28.6 Å². The minimum Gasteiger partial charge on any atom is -0.398 e. The number of fused-ring (bicyclic) bond motifs is 1. The molecule has 18 heavy (non-hydrogen) atoms. The third-order valence-corrected chi connectivity index (χ3v) is 4.25. The average Bonchev–Trinajstić information content (AvgIpc) is 2.95. The zero-order valence-electron chi connectivity index (χ0n) is 10.1. The largest absolute Gasteiger partial charge is 0.398 e. The van der Waals surface area contributed by atoms with Crippen LogP contribution in [0.2, 0.25) is 0 Å². The molecule has 0 bridgehead atoms. The molecule has 0 spiro atoms. The number of amides is 1. The summed E-state index contributed by atoms with van der Waals surface area (Å²) in [5, 5.41) is 0. The topological polar surface area (TPSA) is 46.3 Å². The molecule has 0 atom stereocenters. The highest BCUT2D eigenvalue weighted by Gasteiger charge is 2.27. The first-order valence-corrected chi connectivity index (χ1v) is 6.74. The van der Waals surface area contributed by atoms with Crippen molar-refractivity contribution < 1.29 is 4.79 Å². The van der Waals surface area contributed by atoms with Gasteiger partial charge in [0.15, 0.2) is 0 Å². The van der Waals surface area contributed by atoms with E-state index < -0.39 is 0 Å². The van der Waals surface area contributed by atoms with E-state index in [2.05, 4.69) is 0 Å². The molecule has 0 saturated carbocycles. The second kappa shape index (κ2) is 4.14. The predicted molar refractivity (Wildman–Crippen MR) is 75.3 cm³/mol. The average molecular weight is 258 g/mol. The number of nitrogens with zero attached hydrogens (tertiary/aromatic N) is 1. The van der Waals surface area contributed by atoms with Crippen LogP contribution in [0.3, 0.4) is 0 Å². The molecule has 0 fully saturated rings. The first kappa shape index (κ1) is 11.3. The highest BCUT2D eigenvalue weighted by atomic mass is 32.1. The van der Waals surface area contributed by atoms with Crippen LogP contribution in [0.4, 0.5) is 11.4 Å². The Labute approximate surface area is 110 Å². The molecular weight excluding hydrogens is 244 g/mol. The molecule has 1 aliphatic heterocycles. The molecule has 1 amide bonds. The number of thiophene rings is 1. The van der Waals surface area contributed by atoms with Gasteiger partial charge in [-0.2, -0.15) is 0 Å². The lowest BCUT2D eigenvalue weighted by Gasteiger charge is -2.16. The van der Waals surface area contributed by atoms with E-state index in [0.717, 1.165) is 39.7 Å². The summed E-state index contributed by atoms with van der Waals surface area (Å²) in [6.45, 7) is 2.73. The first-order chi connectivity index (χ1) is 8.66. The van der Waals surface area contributed by atoms with Gasteiger partial charge in [0, 0.05) is 28.4 Å². The van der Waals surface area contributed by atoms with E-state index in [1.165, 1.54) is 11.3 Å². The molecule has 2 N–H and O–H groups in total. The third-order valence-electron chi connectivity index (χ3n) is 3.26. The maximum atomic E-state index is 12.4. The van der Waals surface area contributed by atoms with Crippen molar-refractivity contribution in [3.63, 3.8) is 0 Å². The molecule has 0 radical (unpaired) electrons. The number of carbonyl (C=O) groups excluding carboxylic acids is 1. The Bertz CT molecular complexity index is 618. The van der Waals surface area contributed by atoms with Crippen molar-refractivity contribution in [2.45, 2.75) is 13.3 Å². The molecule has 3 rings (SSSR count). The lowest BCUT2D eigenvalue weighted by atomic mass is 10.1. The summed E-state index contributed by atoms with van der Waals surface area (Å²) >= 11 is 1.54. The SMILES string of the molecule is Cc1ccc(C(=O)N2CCc3c(N)cccc32)s1. The van der Waals surface area contributed by atoms with Crippen LogP contribution in [0.25, 0.3) is 0 Å². The van der Waals surface area contributed by atoms with Crippen LogP contribution in [-0.2, 0) is 6.42 Å². The molecular formula is C14H14N2OS. The summed E-state index contributed by atoms with van der Waals surface area (Å²) in [4.78, 5) is 16.2. The third kappa shape index (κ3) is 1.69. The molecule has 2 aromatic rings. The second-order valence-corrected chi connectivity index (χ2v) is 5.75. The molecule has 92 valence electrons. The maximum absolute atomic E-state index is 12.4. The number of rotatable bonds is 1. The van der Waals surface area contributed by atoms with E-state index in [9.17, 15) is 4.79 Å². The molecule has 2 heterocycles. The molecule has 3 nitrogen and oxygen atoms in total. The van der Waals surface area contributed by atoms with Crippen LogP contribution in [0.5, 0.6) is 0 Å². The molecule has 0 saturated heterocycles. The van der Waals surface area contributed by atoms with Crippen molar-refractivity contribution in [2.24, 2.45) is 0 Å². The zero-order chi connectivity index (χ0) is 12.7. The summed E-state index contributed by atoms with van der Waals surface area (Å²) in [6.07, 6.45) is 0.845. The van der Waals surface area contributed by atoms with Crippen LogP contribution in [-0.4, -0.2) is 12.5 Å². The van der Waals surface area contributed by atoms with Gasteiger partial charge >= 0.3 is 0 Å². The maximum Gasteiger partial charge on any atom is 0.268 e. The normalized spacial score (nSPS) is 13.7. The summed E-state index contributed by atoms with van der Waals surface area (Å²) in [6, 6.07) is 9.64. The van der Waals surface area contributed by atoms with Crippen molar-refractivity contribution in [1.82, 2.24) is 0 Å². The molecule has 0 aliphatic carbocycles. The molecule has 4 heteroatoms. The number of nitrogens with two attached hydrogens (primary N) is 1. The van der Waals surface area contributed by atoms with Gasteiger partial charge in [-0.3, -0.25) is 4.79 Å². The molecule has 1 aromatic heterocycles. The van der Waals surface area contributed by atoms with Crippen molar-refractivity contribution in [2.75, 3.05) is 17.2 Å². The van der Waals surface area contributed by atoms with Crippen LogP contribution in [0, 0.1) is 6.92 Å². The Kier molecular flexibility index (Phi) is 2.59. The van der Waals surface area contributed by atoms with E-state index in [4.69, 9.17) is 5.73 Å². The van der Waals surface area contributed by atoms with Gasteiger partial charge in [0.05, 0.1) is 4.88 Å². The second-order valence-electron chi connectivity index (χ2n) is 4.46. The number of carbonyl (C=O) groups is 1. The van der Waals surface area contributed by atoms with Crippen molar-refractivity contribution in [1.29, 1.82) is 0 Å². The quantitative estimate of drug-likeness (QED) is 0.799. The van der Waals surface area contributed by atoms with Gasteiger partial charge in [0.2, 0.25) is 0 Å². The molecule has 0 unspecified atom stereocenters. The van der Waals surface area contributed by atoms with Crippen molar-refractivity contribution in [3.05, 3.63) is 45.6 Å². The van der Waals surface area contributed by atoms with Crippen LogP contribution >= 0.6 is 11.3 Å². The standard InChI is InChI=1S/C14H14N2OS/c1-9-5-6-13(18-9)14(17)16-8-7-10-11(15)3-2-4-12(10)16/h2-6H,7-8,15H2,1H3. The van der Waals surface area contributed by atoms with Crippen LogP contribution in [0.15, 0.2) is 30.3 Å².